The zero-order valence-electron chi connectivity index (χ0n) is 16.8. The number of ether oxygens (including phenoxy) is 2. The van der Waals surface area contributed by atoms with Crippen molar-refractivity contribution >= 4 is 22.1 Å². The molecule has 2 rings (SSSR count). The van der Waals surface area contributed by atoms with E-state index in [9.17, 15) is 28.2 Å². The second-order valence-corrected chi connectivity index (χ2v) is 8.43. The van der Waals surface area contributed by atoms with Crippen LogP contribution in [0, 0.1) is 0 Å². The van der Waals surface area contributed by atoms with Gasteiger partial charge in [-0.25, -0.2) is 13.8 Å². The van der Waals surface area contributed by atoms with E-state index >= 15 is 0 Å². The van der Waals surface area contributed by atoms with E-state index in [2.05, 4.69) is 0 Å². The molecule has 2 aromatic carbocycles. The molecule has 0 spiro atoms. The molecule has 1 unspecified atom stereocenters. The van der Waals surface area contributed by atoms with Gasteiger partial charge in [-0.2, -0.15) is 8.42 Å². The molecule has 0 aliphatic carbocycles. The van der Waals surface area contributed by atoms with Crippen LogP contribution < -0.4 is 5.73 Å². The third-order valence-corrected chi connectivity index (χ3v) is 4.52. The number of hydrogen-bond donors (Lipinski definition) is 3. The number of phenols is 2. The quantitative estimate of drug-likeness (QED) is 0.216. The monoisotopic (exact) mass is 453 g/mol. The lowest BCUT2D eigenvalue weighted by atomic mass is 10.0. The van der Waals surface area contributed by atoms with Crippen LogP contribution in [0.5, 0.6) is 11.5 Å². The molecule has 0 aliphatic rings. The van der Waals surface area contributed by atoms with E-state index in [0.717, 1.165) is 12.1 Å². The van der Waals surface area contributed by atoms with Gasteiger partial charge < -0.3 is 19.7 Å². The van der Waals surface area contributed by atoms with E-state index in [-0.39, 0.29) is 5.56 Å². The molecule has 0 radical (unpaired) electrons. The number of benzene rings is 2. The van der Waals surface area contributed by atoms with Crippen molar-refractivity contribution in [3.05, 3.63) is 59.7 Å². The van der Waals surface area contributed by atoms with Gasteiger partial charge >= 0.3 is 11.9 Å². The van der Waals surface area contributed by atoms with Gasteiger partial charge in [-0.15, -0.1) is 0 Å². The average Bonchev–Trinajstić information content (AvgIpc) is 2.68. The van der Waals surface area contributed by atoms with Gasteiger partial charge in [-0.05, 0) is 36.8 Å². The van der Waals surface area contributed by atoms with Crippen molar-refractivity contribution < 1.29 is 41.9 Å². The molecule has 0 aliphatic heterocycles. The number of hydrogen-bond acceptors (Lipinski definition) is 10. The Morgan fingerprint density at radius 2 is 1.74 bits per heavy atom. The molecule has 0 bridgehead atoms. The first-order chi connectivity index (χ1) is 14.4. The van der Waals surface area contributed by atoms with E-state index in [1.54, 1.807) is 30.3 Å². The third kappa shape index (κ3) is 7.24. The standard InChI is InChI=1S/C20H23NO9S/c1-13(29-18(24)15-6-4-3-5-7-15)12-28-19(25)20(21,30-31(2,26)27)11-14-8-9-16(22)17(23)10-14/h3-10,13,22-23H,11-12,21H2,1-2H3/t13-,20?/m1/s1. The van der Waals surface area contributed by atoms with Gasteiger partial charge in [0.2, 0.25) is 5.72 Å². The number of aromatic hydroxyl groups is 2. The third-order valence-electron chi connectivity index (χ3n) is 3.92. The fourth-order valence-electron chi connectivity index (χ4n) is 2.56. The minimum atomic E-state index is -4.18. The SMILES string of the molecule is C[C@H](COC(=O)C(N)(Cc1ccc(O)c(O)c1)OS(C)(=O)=O)OC(=O)c1ccccc1. The molecule has 31 heavy (non-hydrogen) atoms. The molecule has 168 valence electrons. The van der Waals surface area contributed by atoms with Crippen LogP contribution in [-0.4, -0.2) is 55.3 Å². The van der Waals surface area contributed by atoms with Crippen LogP contribution >= 0.6 is 0 Å². The summed E-state index contributed by atoms with van der Waals surface area (Å²) in [5.74, 6) is -2.76. The Morgan fingerprint density at radius 3 is 2.32 bits per heavy atom. The van der Waals surface area contributed by atoms with Crippen LogP contribution in [0.1, 0.15) is 22.8 Å². The molecule has 0 amide bonds. The number of phenolic OH excluding ortho intramolecular Hbond substituents is 2. The number of esters is 2. The Balaban J connectivity index is 2.08. The Bertz CT molecular complexity index is 1040. The molecule has 0 saturated heterocycles. The molecule has 2 aromatic rings. The van der Waals surface area contributed by atoms with Crippen LogP contribution in [0.3, 0.4) is 0 Å². The fourth-order valence-corrected chi connectivity index (χ4v) is 3.23. The lowest BCUT2D eigenvalue weighted by molar-refractivity contribution is -0.164. The van der Waals surface area contributed by atoms with Crippen molar-refractivity contribution in [1.29, 1.82) is 0 Å². The average molecular weight is 453 g/mol. The smallest absolute Gasteiger partial charge is 0.355 e. The number of carbonyl (C=O) groups is 2. The summed E-state index contributed by atoms with van der Waals surface area (Å²) in [4.78, 5) is 24.6. The van der Waals surface area contributed by atoms with Crippen LogP contribution in [0.25, 0.3) is 0 Å². The van der Waals surface area contributed by atoms with Crippen LogP contribution in [-0.2, 0) is 35.0 Å². The summed E-state index contributed by atoms with van der Waals surface area (Å²) in [6.45, 7) is 1.06. The highest BCUT2D eigenvalue weighted by Crippen LogP contribution is 2.27. The summed E-state index contributed by atoms with van der Waals surface area (Å²) in [6, 6.07) is 11.7. The van der Waals surface area contributed by atoms with Crippen LogP contribution in [0.15, 0.2) is 48.5 Å². The van der Waals surface area contributed by atoms with Gasteiger partial charge in [0.05, 0.1) is 11.8 Å². The predicted molar refractivity (Wildman–Crippen MR) is 109 cm³/mol. The first kappa shape index (κ1) is 24.1. The zero-order chi connectivity index (χ0) is 23.2. The first-order valence-electron chi connectivity index (χ1n) is 9.03. The fraction of sp³-hybridized carbons (Fsp3) is 0.300. The second kappa shape index (κ2) is 9.77. The molecule has 0 fully saturated rings. The van der Waals surface area contributed by atoms with Gasteiger partial charge in [0.15, 0.2) is 11.5 Å². The van der Waals surface area contributed by atoms with Crippen molar-refractivity contribution in [2.75, 3.05) is 12.9 Å². The minimum absolute atomic E-state index is 0.196. The maximum atomic E-state index is 12.6. The molecule has 0 saturated carbocycles. The van der Waals surface area contributed by atoms with E-state index in [1.807, 2.05) is 0 Å². The van der Waals surface area contributed by atoms with E-state index < -0.39 is 58.4 Å². The Labute approximate surface area is 179 Å². The molecular weight excluding hydrogens is 430 g/mol. The Hall–Kier alpha value is -3.15. The van der Waals surface area contributed by atoms with Crippen molar-refractivity contribution in [1.82, 2.24) is 0 Å². The van der Waals surface area contributed by atoms with Crippen molar-refractivity contribution in [3.8, 4) is 11.5 Å². The molecule has 2 atom stereocenters. The maximum Gasteiger partial charge on any atom is 0.355 e. The summed E-state index contributed by atoms with van der Waals surface area (Å²) in [6.07, 6.45) is -0.650. The normalized spacial score (nSPS) is 14.3. The van der Waals surface area contributed by atoms with Crippen LogP contribution in [0.4, 0.5) is 0 Å². The van der Waals surface area contributed by atoms with Crippen LogP contribution in [0.2, 0.25) is 0 Å². The molecule has 4 N–H and O–H groups in total. The maximum absolute atomic E-state index is 12.6. The highest BCUT2D eigenvalue weighted by atomic mass is 32.2. The van der Waals surface area contributed by atoms with Gasteiger partial charge in [0.1, 0.15) is 12.7 Å². The first-order valence-corrected chi connectivity index (χ1v) is 10.8. The molecular formula is C20H23NO9S. The number of nitrogens with two attached hydrogens (primary N) is 1. The largest absolute Gasteiger partial charge is 0.504 e. The van der Waals surface area contributed by atoms with E-state index in [1.165, 1.54) is 13.0 Å². The molecule has 10 nitrogen and oxygen atoms in total. The molecule has 0 heterocycles. The van der Waals surface area contributed by atoms with Gasteiger partial charge in [-0.1, -0.05) is 24.3 Å². The van der Waals surface area contributed by atoms with Gasteiger partial charge in [-0.3, -0.25) is 5.73 Å². The summed E-state index contributed by atoms with van der Waals surface area (Å²) in [7, 11) is -4.18. The lowest BCUT2D eigenvalue weighted by Gasteiger charge is -2.26. The van der Waals surface area contributed by atoms with Crippen molar-refractivity contribution in [2.45, 2.75) is 25.2 Å². The van der Waals surface area contributed by atoms with Crippen molar-refractivity contribution in [3.63, 3.8) is 0 Å². The predicted octanol–water partition coefficient (Wildman–Crippen LogP) is 1.06. The molecule has 11 heteroatoms. The second-order valence-electron chi connectivity index (χ2n) is 6.86. The summed E-state index contributed by atoms with van der Waals surface area (Å²) >= 11 is 0. The zero-order valence-corrected chi connectivity index (χ0v) is 17.7. The Morgan fingerprint density at radius 1 is 1.10 bits per heavy atom. The van der Waals surface area contributed by atoms with Gasteiger partial charge in [0, 0.05) is 6.42 Å². The highest BCUT2D eigenvalue weighted by molar-refractivity contribution is 7.86. The van der Waals surface area contributed by atoms with E-state index in [0.29, 0.717) is 11.8 Å². The van der Waals surface area contributed by atoms with E-state index in [4.69, 9.17) is 19.4 Å². The van der Waals surface area contributed by atoms with Gasteiger partial charge in [0.25, 0.3) is 10.1 Å². The lowest BCUT2D eigenvalue weighted by Crippen LogP contribution is -2.54. The number of rotatable bonds is 9. The number of carbonyl (C=O) groups excluding carboxylic acids is 2. The van der Waals surface area contributed by atoms with Crippen molar-refractivity contribution in [2.24, 2.45) is 5.73 Å². The summed E-state index contributed by atoms with van der Waals surface area (Å²) in [5.41, 5.74) is 3.94. The summed E-state index contributed by atoms with van der Waals surface area (Å²) in [5, 5.41) is 19.0. The Kier molecular flexibility index (Phi) is 7.60. The summed E-state index contributed by atoms with van der Waals surface area (Å²) < 4.78 is 38.2. The molecule has 0 aromatic heterocycles. The highest BCUT2D eigenvalue weighted by Gasteiger charge is 2.41. The minimum Gasteiger partial charge on any atom is -0.504 e. The topological polar surface area (TPSA) is 162 Å².